The Bertz CT molecular complexity index is 454. The van der Waals surface area contributed by atoms with Crippen LogP contribution in [0.15, 0.2) is 16.7 Å². The molecule has 1 heterocycles. The van der Waals surface area contributed by atoms with Gasteiger partial charge in [0.15, 0.2) is 5.26 Å². The summed E-state index contributed by atoms with van der Waals surface area (Å²) in [7, 11) is -1.07. The van der Waals surface area contributed by atoms with Crippen LogP contribution in [0.1, 0.15) is 5.56 Å². The molecule has 1 N–H and O–H groups in total. The van der Waals surface area contributed by atoms with E-state index in [0.29, 0.717) is 16.2 Å². The minimum Gasteiger partial charge on any atom is -0.306 e. The van der Waals surface area contributed by atoms with E-state index in [1.165, 1.54) is 3.95 Å². The molecule has 0 amide bonds. The Morgan fingerprint density at radius 2 is 2.47 bits per heavy atom. The van der Waals surface area contributed by atoms with Gasteiger partial charge in [-0.2, -0.15) is 0 Å². The van der Waals surface area contributed by atoms with Gasteiger partial charge in [0.1, 0.15) is 22.7 Å². The fourth-order valence-electron chi connectivity index (χ4n) is 0.901. The Kier molecular flexibility index (Phi) is 4.67. The van der Waals surface area contributed by atoms with E-state index in [2.05, 4.69) is 20.9 Å². The van der Waals surface area contributed by atoms with Crippen molar-refractivity contribution in [3.8, 4) is 6.19 Å². The minimum absolute atomic E-state index is 0.315. The lowest BCUT2D eigenvalue weighted by Crippen LogP contribution is -2.09. The normalized spacial score (nSPS) is 13.1. The second kappa shape index (κ2) is 5.56. The molecule has 15 heavy (non-hydrogen) atoms. The SMILES string of the molecule is CS(O)=[N+](C#N)Cc1cnc(Cl)c(Br)c1. The van der Waals surface area contributed by atoms with Gasteiger partial charge in [-0.15, -0.1) is 3.95 Å². The van der Waals surface area contributed by atoms with Crippen LogP contribution in [0.25, 0.3) is 0 Å². The largest absolute Gasteiger partial charge is 0.467 e. The van der Waals surface area contributed by atoms with Crippen LogP contribution in [-0.4, -0.2) is 19.7 Å². The van der Waals surface area contributed by atoms with Gasteiger partial charge in [-0.1, -0.05) is 11.6 Å². The predicted molar refractivity (Wildman–Crippen MR) is 62.4 cm³/mol. The first kappa shape index (κ1) is 12.6. The molecule has 0 radical (unpaired) electrons. The van der Waals surface area contributed by atoms with Gasteiger partial charge < -0.3 is 4.55 Å². The number of nitriles is 1. The maximum Gasteiger partial charge on any atom is 0.467 e. The first-order chi connectivity index (χ1) is 7.04. The molecule has 0 aromatic carbocycles. The fraction of sp³-hybridized carbons (Fsp3) is 0.250. The molecule has 0 aliphatic carbocycles. The highest BCUT2D eigenvalue weighted by molar-refractivity contribution is 9.10. The zero-order valence-corrected chi connectivity index (χ0v) is 11.0. The van der Waals surface area contributed by atoms with Gasteiger partial charge in [0.25, 0.3) is 0 Å². The molecule has 1 aromatic heterocycles. The summed E-state index contributed by atoms with van der Waals surface area (Å²) in [5, 5.41) is 9.12. The van der Waals surface area contributed by atoms with E-state index in [1.807, 2.05) is 6.19 Å². The van der Waals surface area contributed by atoms with E-state index in [0.717, 1.165) is 5.56 Å². The van der Waals surface area contributed by atoms with Crippen molar-refractivity contribution in [2.75, 3.05) is 6.26 Å². The molecule has 1 unspecified atom stereocenters. The zero-order valence-electron chi connectivity index (χ0n) is 7.81. The molecule has 1 atom stereocenters. The smallest absolute Gasteiger partial charge is 0.306 e. The first-order valence-electron chi connectivity index (χ1n) is 3.87. The van der Waals surface area contributed by atoms with Crippen molar-refractivity contribution in [2.45, 2.75) is 6.54 Å². The summed E-state index contributed by atoms with van der Waals surface area (Å²) in [4.78, 5) is 3.93. The Morgan fingerprint density at radius 3 is 2.93 bits per heavy atom. The summed E-state index contributed by atoms with van der Waals surface area (Å²) in [6.07, 6.45) is 5.03. The fourth-order valence-corrected chi connectivity index (χ4v) is 1.85. The van der Waals surface area contributed by atoms with Gasteiger partial charge in [-0.05, 0) is 22.0 Å². The summed E-state index contributed by atoms with van der Waals surface area (Å²) in [6, 6.07) is 1.77. The van der Waals surface area contributed by atoms with Crippen LogP contribution in [0.3, 0.4) is 0 Å². The van der Waals surface area contributed by atoms with Gasteiger partial charge in [0.2, 0.25) is 0 Å². The highest BCUT2D eigenvalue weighted by Crippen LogP contribution is 2.20. The maximum atomic E-state index is 9.27. The summed E-state index contributed by atoms with van der Waals surface area (Å²) >= 11 is 8.97. The lowest BCUT2D eigenvalue weighted by atomic mass is 10.3. The lowest BCUT2D eigenvalue weighted by molar-refractivity contribution is -0.433. The molecular formula is C8H8BrClN3OS+. The molecule has 7 heteroatoms. The van der Waals surface area contributed by atoms with Crippen molar-refractivity contribution >= 4 is 38.5 Å². The van der Waals surface area contributed by atoms with Crippen molar-refractivity contribution in [3.05, 3.63) is 27.5 Å². The van der Waals surface area contributed by atoms with E-state index in [1.54, 1.807) is 18.5 Å². The van der Waals surface area contributed by atoms with Crippen LogP contribution in [0, 0.1) is 11.5 Å². The molecule has 0 bridgehead atoms. The Labute approximate surface area is 104 Å². The van der Waals surface area contributed by atoms with Crippen LogP contribution in [-0.2, 0) is 17.5 Å². The van der Waals surface area contributed by atoms with Crippen molar-refractivity contribution in [1.82, 2.24) is 4.98 Å². The maximum absolute atomic E-state index is 9.27. The topological polar surface area (TPSA) is 59.9 Å². The molecule has 0 spiro atoms. The third kappa shape index (κ3) is 3.54. The molecule has 0 saturated carbocycles. The van der Waals surface area contributed by atoms with Crippen molar-refractivity contribution in [3.63, 3.8) is 0 Å². The molecule has 80 valence electrons. The van der Waals surface area contributed by atoms with Gasteiger partial charge in [0, 0.05) is 18.0 Å². The van der Waals surface area contributed by atoms with E-state index < -0.39 is 11.0 Å². The van der Waals surface area contributed by atoms with Crippen molar-refractivity contribution in [2.24, 2.45) is 0 Å². The van der Waals surface area contributed by atoms with Crippen LogP contribution in [0.4, 0.5) is 0 Å². The van der Waals surface area contributed by atoms with E-state index in [9.17, 15) is 4.55 Å². The van der Waals surface area contributed by atoms with Crippen molar-refractivity contribution < 1.29 is 8.50 Å². The lowest BCUT2D eigenvalue weighted by Gasteiger charge is -2.00. The molecule has 1 aromatic rings. The molecular weight excluding hydrogens is 302 g/mol. The zero-order chi connectivity index (χ0) is 11.4. The highest BCUT2D eigenvalue weighted by atomic mass is 79.9. The van der Waals surface area contributed by atoms with Crippen LogP contribution < -0.4 is 0 Å². The number of aromatic nitrogens is 1. The second-order valence-electron chi connectivity index (χ2n) is 2.70. The average molecular weight is 310 g/mol. The molecule has 4 nitrogen and oxygen atoms in total. The van der Waals surface area contributed by atoms with E-state index >= 15 is 0 Å². The number of hydrogen-bond acceptors (Lipinski definition) is 2. The number of halogens is 2. The number of pyridine rings is 1. The standard InChI is InChI=1S/C8H7BrClN3OS/c1-15(14)13(5-11)4-6-2-7(9)8(10)12-3-6/h2-3H,4H2,1H3/p+1. The van der Waals surface area contributed by atoms with Gasteiger partial charge in [0.05, 0.1) is 4.47 Å². The minimum atomic E-state index is -1.07. The third-order valence-electron chi connectivity index (χ3n) is 1.61. The molecule has 1 rings (SSSR count). The summed E-state index contributed by atoms with van der Waals surface area (Å²) < 4.78 is 11.2. The molecule has 0 aliphatic heterocycles. The molecule has 0 fully saturated rings. The summed E-state index contributed by atoms with van der Waals surface area (Å²) in [5.41, 5.74) is 0.807. The second-order valence-corrected chi connectivity index (χ2v) is 5.25. The quantitative estimate of drug-likeness (QED) is 0.395. The number of nitrogens with zero attached hydrogens (tertiary/aromatic N) is 3. The average Bonchev–Trinajstić information content (AvgIpc) is 2.19. The summed E-state index contributed by atoms with van der Waals surface area (Å²) in [5.74, 6) is 0. The van der Waals surface area contributed by atoms with E-state index in [-0.39, 0.29) is 0 Å². The van der Waals surface area contributed by atoms with Gasteiger partial charge >= 0.3 is 6.19 Å². The third-order valence-corrected chi connectivity index (χ3v) is 3.59. The van der Waals surface area contributed by atoms with Gasteiger partial charge in [-0.3, -0.25) is 0 Å². The van der Waals surface area contributed by atoms with E-state index in [4.69, 9.17) is 16.9 Å². The monoisotopic (exact) mass is 308 g/mol. The van der Waals surface area contributed by atoms with Crippen molar-refractivity contribution in [1.29, 1.82) is 5.26 Å². The van der Waals surface area contributed by atoms with Crippen LogP contribution in [0.5, 0.6) is 0 Å². The highest BCUT2D eigenvalue weighted by Gasteiger charge is 2.08. The number of rotatable bonds is 2. The Morgan fingerprint density at radius 1 is 1.80 bits per heavy atom. The van der Waals surface area contributed by atoms with Crippen LogP contribution >= 0.6 is 27.5 Å². The molecule has 0 aliphatic rings. The predicted octanol–water partition coefficient (Wildman–Crippen LogP) is 2.40. The summed E-state index contributed by atoms with van der Waals surface area (Å²) in [6.45, 7) is 0.315. The number of hydrogen-bond donors (Lipinski definition) is 1. The Balaban J connectivity index is 2.97. The van der Waals surface area contributed by atoms with Crippen LogP contribution in [0.2, 0.25) is 5.15 Å². The van der Waals surface area contributed by atoms with Gasteiger partial charge in [-0.25, -0.2) is 4.98 Å². The molecule has 0 saturated heterocycles. The Hall–Kier alpha value is -0.480. The first-order valence-corrected chi connectivity index (χ1v) is 6.58.